The number of hydrogen-bond donors (Lipinski definition) is 12. The normalized spacial score (nSPS) is 19.4. The molecule has 36 nitrogen and oxygen atoms in total. The number of terminal acetylenes is 1. The van der Waals surface area contributed by atoms with Crippen molar-refractivity contribution in [3.8, 4) is 12.3 Å². The summed E-state index contributed by atoms with van der Waals surface area (Å²) in [6, 6.07) is -2.23. The Hall–Kier alpha value is -8.25. The maximum atomic E-state index is 13.8. The van der Waals surface area contributed by atoms with Gasteiger partial charge in [-0.15, -0.1) is 16.6 Å². The Morgan fingerprint density at radius 3 is 1.43 bits per heavy atom. The van der Waals surface area contributed by atoms with Gasteiger partial charge in [0, 0.05) is 37.8 Å². The third-order valence-electron chi connectivity index (χ3n) is 12.9. The summed E-state index contributed by atoms with van der Waals surface area (Å²) in [5, 5.41) is 82.7. The van der Waals surface area contributed by atoms with Gasteiger partial charge in [0.2, 0.25) is 29.2 Å². The summed E-state index contributed by atoms with van der Waals surface area (Å²) in [7, 11) is 0. The first-order chi connectivity index (χ1) is 42.0. The van der Waals surface area contributed by atoms with E-state index >= 15 is 0 Å². The van der Waals surface area contributed by atoms with E-state index < -0.39 is 134 Å². The number of nitrogens with one attached hydrogen (secondary N) is 2. The molecular formula is C52H79N15O21. The van der Waals surface area contributed by atoms with Crippen molar-refractivity contribution in [2.24, 2.45) is 44.8 Å². The van der Waals surface area contributed by atoms with Crippen LogP contribution >= 0.6 is 0 Å². The van der Waals surface area contributed by atoms with E-state index in [1.54, 1.807) is 0 Å². The molecule has 10 atom stereocenters. The van der Waals surface area contributed by atoms with E-state index in [0.717, 1.165) is 12.2 Å². The van der Waals surface area contributed by atoms with Gasteiger partial charge in [0.25, 0.3) is 0 Å². The zero-order valence-corrected chi connectivity index (χ0v) is 48.7. The molecule has 0 saturated carbocycles. The fourth-order valence-corrected chi connectivity index (χ4v) is 9.00. The van der Waals surface area contributed by atoms with Crippen LogP contribution < -0.4 is 33.6 Å². The number of nitrogens with two attached hydrogens (primary N) is 4. The summed E-state index contributed by atoms with van der Waals surface area (Å²) in [6.07, 6.45) is 0.414. The number of Topliss-reactive ketones (excluding diaryl/α,β-unsaturated/α-hetero) is 2. The summed E-state index contributed by atoms with van der Waals surface area (Å²) >= 11 is 0. The molecule has 2 aromatic heterocycles. The Morgan fingerprint density at radius 1 is 0.670 bits per heavy atom. The maximum absolute atomic E-state index is 13.8. The van der Waals surface area contributed by atoms with E-state index in [-0.39, 0.29) is 102 Å². The molecular weight excluding hydrogens is 1170 g/mol. The van der Waals surface area contributed by atoms with Crippen molar-refractivity contribution in [1.29, 1.82) is 0 Å². The zero-order chi connectivity index (χ0) is 64.7. The molecule has 3 amide bonds. The highest BCUT2D eigenvalue weighted by Gasteiger charge is 2.47. The lowest BCUT2D eigenvalue weighted by Crippen LogP contribution is -2.53. The first-order valence-corrected chi connectivity index (χ1v) is 27.6. The number of ether oxygens (including phenoxy) is 8. The van der Waals surface area contributed by atoms with Crippen molar-refractivity contribution in [3.63, 3.8) is 0 Å². The van der Waals surface area contributed by atoms with Crippen LogP contribution in [0.2, 0.25) is 0 Å². The quantitative estimate of drug-likeness (QED) is 0.0127. The zero-order valence-electron chi connectivity index (χ0n) is 48.7. The van der Waals surface area contributed by atoms with Crippen molar-refractivity contribution in [1.82, 2.24) is 45.5 Å². The number of carboxylic acid groups (broad SMARTS) is 2. The number of aliphatic carboxylic acids is 2. The average Bonchev–Trinajstić information content (AvgIpc) is 1.41. The number of aromatic nitrogens is 6. The molecule has 0 aliphatic carbocycles. The highest BCUT2D eigenvalue weighted by atomic mass is 16.6. The number of hydrogen-bond acceptors (Lipinski definition) is 25. The molecule has 0 bridgehead atoms. The fraction of sp³-hybridized carbons (Fsp3) is 0.635. The Morgan fingerprint density at radius 2 is 1.07 bits per heavy atom. The third-order valence-corrected chi connectivity index (χ3v) is 12.9. The van der Waals surface area contributed by atoms with Gasteiger partial charge >= 0.3 is 11.9 Å². The number of carboxylic acids is 2. The van der Waals surface area contributed by atoms with Crippen molar-refractivity contribution >= 4 is 53.1 Å². The summed E-state index contributed by atoms with van der Waals surface area (Å²) in [6.45, 7) is 1.06. The van der Waals surface area contributed by atoms with Crippen molar-refractivity contribution < 1.29 is 102 Å². The average molecular weight is 1250 g/mol. The largest absolute Gasteiger partial charge is 0.480 e. The summed E-state index contributed by atoms with van der Waals surface area (Å²) in [5.74, 6) is -7.27. The lowest BCUT2D eigenvalue weighted by molar-refractivity contribution is -0.162. The van der Waals surface area contributed by atoms with Crippen LogP contribution in [0.3, 0.4) is 0 Å². The summed E-state index contributed by atoms with van der Waals surface area (Å²) in [5.41, 5.74) is 23.0. The number of nitrogens with zero attached hydrogens (tertiary/aromatic N) is 9. The molecule has 88 heavy (non-hydrogen) atoms. The molecule has 488 valence electrons. The lowest BCUT2D eigenvalue weighted by atomic mass is 9.82. The molecule has 2 aromatic rings. The molecule has 4 heterocycles. The van der Waals surface area contributed by atoms with Gasteiger partial charge in [-0.05, 0) is 26.0 Å². The Balaban J connectivity index is 1.37. The minimum absolute atomic E-state index is 0.0183. The molecule has 36 heteroatoms. The minimum Gasteiger partial charge on any atom is -0.480 e. The van der Waals surface area contributed by atoms with Gasteiger partial charge in [-0.3, -0.25) is 23.7 Å². The minimum atomic E-state index is -1.72. The number of guanidine groups is 2. The molecule has 0 unspecified atom stereocenters. The van der Waals surface area contributed by atoms with Gasteiger partial charge in [0.05, 0.1) is 117 Å². The number of ketones is 2. The number of amides is 3. The first-order valence-electron chi connectivity index (χ1n) is 27.6. The number of rotatable bonds is 43. The van der Waals surface area contributed by atoms with Crippen LogP contribution in [0.15, 0.2) is 46.0 Å². The SMILES string of the molecule is C#CCOCCOCCOCCOCCC(=O)N(Cc1cn(CCNC(=O)CO[C@@H]([C@@H]2OC(C(=O)O)=C[C@H](N=C(N)N)[C@H]2CC(C)=O)[C@H](O)CO)nn1)Cc1cn(CCNC(=O)CO[C@@H]([C@@H]2OC(C(=O)O)=C[C@H](N=C(N)N)[C@H]2CC(C)=O)[C@H](O)CO)nn1. The van der Waals surface area contributed by atoms with Crippen LogP contribution in [0.25, 0.3) is 0 Å². The van der Waals surface area contributed by atoms with E-state index in [0.29, 0.717) is 37.8 Å². The van der Waals surface area contributed by atoms with Crippen LogP contribution in [0.1, 0.15) is 44.5 Å². The van der Waals surface area contributed by atoms with Crippen molar-refractivity contribution in [3.05, 3.63) is 47.5 Å². The number of aliphatic hydroxyl groups excluding tert-OH is 4. The molecule has 0 fully saturated rings. The molecule has 0 saturated heterocycles. The fourth-order valence-electron chi connectivity index (χ4n) is 9.00. The van der Waals surface area contributed by atoms with Gasteiger partial charge in [-0.1, -0.05) is 16.3 Å². The lowest BCUT2D eigenvalue weighted by Gasteiger charge is -2.39. The van der Waals surface area contributed by atoms with Crippen LogP contribution in [0.5, 0.6) is 0 Å². The van der Waals surface area contributed by atoms with Gasteiger partial charge in [0.15, 0.2) is 11.9 Å². The smallest absolute Gasteiger partial charge is 0.370 e. The number of carbonyl (C=O) groups is 7. The van der Waals surface area contributed by atoms with E-state index in [1.807, 2.05) is 0 Å². The molecule has 0 spiro atoms. The van der Waals surface area contributed by atoms with Gasteiger partial charge in [0.1, 0.15) is 79.4 Å². The Bertz CT molecular complexity index is 2600. The standard InChI is InChI=1S/C52H79N15O21/c1-4-10-81-12-14-83-16-17-84-15-13-82-11-5-44(76)65(22-32-24-66(63-61-32)8-6-57-42(74)28-85-47(38(72)26-68)45-34(18-30(2)70)36(59-51(53)54)20-40(87-45)49(77)78)23-33-25-67(64-62-33)9-7-58-43(75)29-86-48(39(73)27-69)46-35(19-31(3)71)37(60-52(55)56)21-41(88-46)50(79)80/h1,20-21,24-25,34-39,45-48,68-69,72-73H,5-19,22-23,26-29H2,2-3H3,(H,57,74)(H,58,75)(H,77,78)(H,79,80)(H4,53,54,59)(H4,55,56,60)/t34-,35-,36+,37+,38-,39-,45-,46-,47-,48-/m1/s1. The summed E-state index contributed by atoms with van der Waals surface area (Å²) < 4.78 is 47.2. The van der Waals surface area contributed by atoms with E-state index in [9.17, 15) is 64.2 Å². The second-order valence-electron chi connectivity index (χ2n) is 19.9. The second-order valence-corrected chi connectivity index (χ2v) is 19.9. The Labute approximate surface area is 504 Å². The topological polar surface area (TPSA) is 532 Å². The highest BCUT2D eigenvalue weighted by molar-refractivity contribution is 5.86. The van der Waals surface area contributed by atoms with Crippen LogP contribution in [-0.2, 0) is 97.6 Å². The molecule has 2 aliphatic heterocycles. The monoisotopic (exact) mass is 1250 g/mol. The van der Waals surface area contributed by atoms with E-state index in [2.05, 4.69) is 47.2 Å². The van der Waals surface area contributed by atoms with Crippen LogP contribution in [0, 0.1) is 24.2 Å². The molecule has 0 radical (unpaired) electrons. The van der Waals surface area contributed by atoms with Crippen molar-refractivity contribution in [2.75, 3.05) is 92.4 Å². The highest BCUT2D eigenvalue weighted by Crippen LogP contribution is 2.35. The predicted octanol–water partition coefficient (Wildman–Crippen LogP) is -6.59. The van der Waals surface area contributed by atoms with E-state index in [1.165, 1.54) is 40.5 Å². The van der Waals surface area contributed by atoms with Gasteiger partial charge in [-0.2, -0.15) is 0 Å². The van der Waals surface area contributed by atoms with Gasteiger partial charge < -0.3 is 117 Å². The maximum Gasteiger partial charge on any atom is 0.370 e. The van der Waals surface area contributed by atoms with E-state index in [4.69, 9.17) is 67.3 Å². The van der Waals surface area contributed by atoms with Crippen molar-refractivity contribution in [2.45, 2.75) is 108 Å². The number of carbonyl (C=O) groups excluding carboxylic acids is 5. The third kappa shape index (κ3) is 25.2. The molecule has 0 aromatic carbocycles. The van der Waals surface area contributed by atoms with Crippen LogP contribution in [-0.4, -0.2) is 260 Å². The second kappa shape index (κ2) is 38.1. The van der Waals surface area contributed by atoms with Crippen LogP contribution in [0.4, 0.5) is 0 Å². The molecule has 2 aliphatic rings. The molecule has 4 rings (SSSR count). The first kappa shape index (κ1) is 72.2. The number of aliphatic imine (C=N–C) groups is 2. The number of aliphatic hydroxyl groups is 4. The predicted molar refractivity (Wildman–Crippen MR) is 301 cm³/mol. The Kier molecular flexibility index (Phi) is 31.3. The van der Waals surface area contributed by atoms with Gasteiger partial charge in [-0.25, -0.2) is 19.6 Å². The summed E-state index contributed by atoms with van der Waals surface area (Å²) in [4.78, 5) is 98.0. The molecule has 16 N–H and O–H groups in total.